The van der Waals surface area contributed by atoms with Crippen LogP contribution in [0.3, 0.4) is 0 Å². The first-order valence-corrected chi connectivity index (χ1v) is 5.60. The fourth-order valence-corrected chi connectivity index (χ4v) is 2.30. The first-order valence-electron chi connectivity index (χ1n) is 4.72. The maximum atomic E-state index is 12.7. The maximum absolute atomic E-state index is 12.7. The summed E-state index contributed by atoms with van der Waals surface area (Å²) in [6.07, 6.45) is -1.47. The number of nitrogens with one attached hydrogen (secondary N) is 1. The van der Waals surface area contributed by atoms with Crippen LogP contribution in [0.25, 0.3) is 0 Å². The Kier molecular flexibility index (Phi) is 4.48. The highest BCUT2D eigenvalue weighted by molar-refractivity contribution is 7.10. The van der Waals surface area contributed by atoms with Crippen molar-refractivity contribution >= 4 is 11.3 Å². The van der Waals surface area contributed by atoms with Crippen molar-refractivity contribution in [3.05, 3.63) is 21.9 Å². The monoisotopic (exact) mass is 219 g/mol. The number of rotatable bonds is 5. The zero-order valence-electron chi connectivity index (χ0n) is 8.39. The van der Waals surface area contributed by atoms with Gasteiger partial charge in [0.2, 0.25) is 0 Å². The van der Waals surface area contributed by atoms with Gasteiger partial charge in [-0.3, -0.25) is 0 Å². The molecule has 0 aliphatic heterocycles. The Labute approximate surface area is 87.1 Å². The molecule has 80 valence electrons. The standard InChI is InChI=1S/C10H15F2NS/c1-3-5-13-8(10(11)12)9-7(2)4-6-14-9/h4,6,8,10,13H,3,5H2,1-2H3. The molecule has 1 rings (SSSR count). The number of aryl methyl sites for hydroxylation is 1. The van der Waals surface area contributed by atoms with Gasteiger partial charge in [0.25, 0.3) is 6.43 Å². The van der Waals surface area contributed by atoms with Crippen molar-refractivity contribution in [1.29, 1.82) is 0 Å². The van der Waals surface area contributed by atoms with E-state index in [0.717, 1.165) is 16.9 Å². The number of hydrogen-bond acceptors (Lipinski definition) is 2. The van der Waals surface area contributed by atoms with E-state index >= 15 is 0 Å². The van der Waals surface area contributed by atoms with Crippen LogP contribution in [0, 0.1) is 6.92 Å². The molecule has 0 radical (unpaired) electrons. The van der Waals surface area contributed by atoms with E-state index in [1.54, 1.807) is 0 Å². The van der Waals surface area contributed by atoms with E-state index in [0.29, 0.717) is 6.54 Å². The minimum absolute atomic E-state index is 0.631. The van der Waals surface area contributed by atoms with Gasteiger partial charge in [-0.2, -0.15) is 0 Å². The summed E-state index contributed by atoms with van der Waals surface area (Å²) in [5.74, 6) is 0. The molecule has 1 nitrogen and oxygen atoms in total. The quantitative estimate of drug-likeness (QED) is 0.800. The molecule has 1 unspecified atom stereocenters. The predicted molar refractivity (Wildman–Crippen MR) is 56.1 cm³/mol. The van der Waals surface area contributed by atoms with E-state index in [9.17, 15) is 8.78 Å². The summed E-state index contributed by atoms with van der Waals surface area (Å²) in [6.45, 7) is 4.47. The lowest BCUT2D eigenvalue weighted by Crippen LogP contribution is -2.27. The van der Waals surface area contributed by atoms with Gasteiger partial charge in [0.05, 0.1) is 0 Å². The Morgan fingerprint density at radius 2 is 2.21 bits per heavy atom. The molecule has 1 aromatic heterocycles. The van der Waals surface area contributed by atoms with Crippen LogP contribution in [0.1, 0.15) is 29.8 Å². The van der Waals surface area contributed by atoms with Gasteiger partial charge in [0, 0.05) is 4.88 Å². The maximum Gasteiger partial charge on any atom is 0.258 e. The molecule has 0 bridgehead atoms. The second kappa shape index (κ2) is 5.41. The van der Waals surface area contributed by atoms with Gasteiger partial charge in [-0.05, 0) is 36.9 Å². The Hall–Kier alpha value is -0.480. The van der Waals surface area contributed by atoms with Crippen LogP contribution in [-0.4, -0.2) is 13.0 Å². The third kappa shape index (κ3) is 2.75. The third-order valence-corrected chi connectivity index (χ3v) is 3.15. The molecule has 4 heteroatoms. The Balaban J connectivity index is 2.73. The summed E-state index contributed by atoms with van der Waals surface area (Å²) < 4.78 is 25.4. The van der Waals surface area contributed by atoms with Gasteiger partial charge in [-0.1, -0.05) is 6.92 Å². The van der Waals surface area contributed by atoms with Gasteiger partial charge < -0.3 is 5.32 Å². The smallest absolute Gasteiger partial charge is 0.258 e. The molecule has 0 amide bonds. The Morgan fingerprint density at radius 1 is 1.50 bits per heavy atom. The van der Waals surface area contributed by atoms with E-state index in [1.807, 2.05) is 25.3 Å². The zero-order chi connectivity index (χ0) is 10.6. The average molecular weight is 219 g/mol. The van der Waals surface area contributed by atoms with Crippen molar-refractivity contribution in [3.63, 3.8) is 0 Å². The van der Waals surface area contributed by atoms with Crippen molar-refractivity contribution in [2.24, 2.45) is 0 Å². The van der Waals surface area contributed by atoms with Gasteiger partial charge in [-0.25, -0.2) is 8.78 Å². The normalized spacial score (nSPS) is 13.5. The fourth-order valence-electron chi connectivity index (χ4n) is 1.30. The number of alkyl halides is 2. The molecule has 1 N–H and O–H groups in total. The van der Waals surface area contributed by atoms with Gasteiger partial charge in [0.1, 0.15) is 6.04 Å². The lowest BCUT2D eigenvalue weighted by atomic mass is 10.1. The van der Waals surface area contributed by atoms with Gasteiger partial charge in [0.15, 0.2) is 0 Å². The van der Waals surface area contributed by atoms with Crippen LogP contribution < -0.4 is 5.32 Å². The van der Waals surface area contributed by atoms with E-state index in [1.165, 1.54) is 11.3 Å². The van der Waals surface area contributed by atoms with E-state index in [4.69, 9.17) is 0 Å². The number of hydrogen-bond donors (Lipinski definition) is 1. The lowest BCUT2D eigenvalue weighted by molar-refractivity contribution is 0.0997. The number of halogens is 2. The highest BCUT2D eigenvalue weighted by Gasteiger charge is 2.23. The zero-order valence-corrected chi connectivity index (χ0v) is 9.20. The fraction of sp³-hybridized carbons (Fsp3) is 0.600. The minimum Gasteiger partial charge on any atom is -0.305 e. The molecular formula is C10H15F2NS. The molecule has 1 atom stereocenters. The third-order valence-electron chi connectivity index (χ3n) is 2.05. The summed E-state index contributed by atoms with van der Waals surface area (Å²) in [5, 5.41) is 4.73. The molecule has 14 heavy (non-hydrogen) atoms. The SMILES string of the molecule is CCCNC(c1sccc1C)C(F)F. The van der Waals surface area contributed by atoms with E-state index in [-0.39, 0.29) is 0 Å². The van der Waals surface area contributed by atoms with Crippen molar-refractivity contribution in [2.45, 2.75) is 32.7 Å². The lowest BCUT2D eigenvalue weighted by Gasteiger charge is -2.17. The summed E-state index contributed by atoms with van der Waals surface area (Å²) in [5.41, 5.74) is 0.948. The Bertz CT molecular complexity index is 273. The second-order valence-corrected chi connectivity index (χ2v) is 4.18. The molecule has 0 saturated carbocycles. The molecule has 0 saturated heterocycles. The highest BCUT2D eigenvalue weighted by atomic mass is 32.1. The first kappa shape index (κ1) is 11.6. The van der Waals surface area contributed by atoms with Gasteiger partial charge in [-0.15, -0.1) is 11.3 Å². The van der Waals surface area contributed by atoms with Crippen molar-refractivity contribution in [3.8, 4) is 0 Å². The summed E-state index contributed by atoms with van der Waals surface area (Å²) in [4.78, 5) is 0.758. The predicted octanol–water partition coefficient (Wildman–Crippen LogP) is 3.36. The number of thiophene rings is 1. The minimum atomic E-state index is -2.33. The van der Waals surface area contributed by atoms with Crippen molar-refractivity contribution in [1.82, 2.24) is 5.32 Å². The average Bonchev–Trinajstić information content (AvgIpc) is 2.52. The molecule has 0 spiro atoms. The van der Waals surface area contributed by atoms with Gasteiger partial charge >= 0.3 is 0 Å². The van der Waals surface area contributed by atoms with E-state index < -0.39 is 12.5 Å². The second-order valence-electron chi connectivity index (χ2n) is 3.23. The first-order chi connectivity index (χ1) is 6.66. The molecule has 1 heterocycles. The molecule has 0 fully saturated rings. The summed E-state index contributed by atoms with van der Waals surface area (Å²) in [6, 6.07) is 1.08. The molecule has 1 aromatic rings. The van der Waals surface area contributed by atoms with E-state index in [2.05, 4.69) is 5.32 Å². The molecule has 0 aromatic carbocycles. The van der Waals surface area contributed by atoms with Crippen molar-refractivity contribution < 1.29 is 8.78 Å². The highest BCUT2D eigenvalue weighted by Crippen LogP contribution is 2.28. The van der Waals surface area contributed by atoms with Crippen LogP contribution in [0.2, 0.25) is 0 Å². The van der Waals surface area contributed by atoms with Crippen LogP contribution >= 0.6 is 11.3 Å². The molecule has 0 aliphatic rings. The molecule has 0 aliphatic carbocycles. The largest absolute Gasteiger partial charge is 0.305 e. The van der Waals surface area contributed by atoms with Crippen LogP contribution in [0.15, 0.2) is 11.4 Å². The summed E-state index contributed by atoms with van der Waals surface area (Å²) >= 11 is 1.39. The molecular weight excluding hydrogens is 204 g/mol. The summed E-state index contributed by atoms with van der Waals surface area (Å²) in [7, 11) is 0. The topological polar surface area (TPSA) is 12.0 Å². The Morgan fingerprint density at radius 3 is 2.64 bits per heavy atom. The van der Waals surface area contributed by atoms with Crippen LogP contribution in [-0.2, 0) is 0 Å². The van der Waals surface area contributed by atoms with Crippen molar-refractivity contribution in [2.75, 3.05) is 6.54 Å². The van der Waals surface area contributed by atoms with Crippen LogP contribution in [0.5, 0.6) is 0 Å². The van der Waals surface area contributed by atoms with Crippen LogP contribution in [0.4, 0.5) is 8.78 Å².